The van der Waals surface area contributed by atoms with Gasteiger partial charge in [-0.1, -0.05) is 0 Å². The first-order valence-electron chi connectivity index (χ1n) is 6.29. The van der Waals surface area contributed by atoms with E-state index in [1.54, 1.807) is 0 Å². The van der Waals surface area contributed by atoms with E-state index in [4.69, 9.17) is 5.11 Å². The summed E-state index contributed by atoms with van der Waals surface area (Å²) in [5.74, 6) is -0.132. The summed E-state index contributed by atoms with van der Waals surface area (Å²) in [6, 6.07) is 0. The summed E-state index contributed by atoms with van der Waals surface area (Å²) >= 11 is 0. The highest BCUT2D eigenvalue weighted by molar-refractivity contribution is 5.69. The molecule has 0 aromatic carbocycles. The molecule has 0 saturated heterocycles. The summed E-state index contributed by atoms with van der Waals surface area (Å²) < 4.78 is 2.20. The van der Waals surface area contributed by atoms with Crippen LogP contribution in [0.3, 0.4) is 0 Å². The van der Waals surface area contributed by atoms with Gasteiger partial charge in [-0.05, 0) is 45.4 Å². The molecule has 2 rings (SSSR count). The van der Waals surface area contributed by atoms with Gasteiger partial charge >= 0.3 is 5.97 Å². The van der Waals surface area contributed by atoms with Crippen LogP contribution in [0.2, 0.25) is 0 Å². The summed E-state index contributed by atoms with van der Waals surface area (Å²) in [7, 11) is 0. The van der Waals surface area contributed by atoms with Crippen molar-refractivity contribution in [3.8, 4) is 0 Å². The summed E-state index contributed by atoms with van der Waals surface area (Å²) in [6.45, 7) is 5.09. The predicted molar refractivity (Wildman–Crippen MR) is 64.8 cm³/mol. The molecule has 1 aliphatic carbocycles. The molecule has 1 aromatic rings. The minimum absolute atomic E-state index is 0.114. The molecule has 1 saturated carbocycles. The van der Waals surface area contributed by atoms with Crippen LogP contribution in [-0.4, -0.2) is 20.6 Å². The average molecular weight is 236 g/mol. The van der Waals surface area contributed by atoms with Crippen LogP contribution in [0.15, 0.2) is 6.33 Å². The minimum atomic E-state index is -0.627. The van der Waals surface area contributed by atoms with Crippen molar-refractivity contribution in [1.82, 2.24) is 9.55 Å². The summed E-state index contributed by atoms with van der Waals surface area (Å²) in [4.78, 5) is 15.2. The van der Waals surface area contributed by atoms with E-state index in [0.717, 1.165) is 37.9 Å². The van der Waals surface area contributed by atoms with Crippen molar-refractivity contribution in [2.45, 2.75) is 46.1 Å². The first kappa shape index (κ1) is 12.1. The highest BCUT2D eigenvalue weighted by atomic mass is 16.4. The van der Waals surface area contributed by atoms with Crippen LogP contribution in [0.5, 0.6) is 0 Å². The number of hydrogen-bond acceptors (Lipinski definition) is 2. The number of carboxylic acids is 1. The molecule has 1 aromatic heterocycles. The Morgan fingerprint density at radius 2 is 2.06 bits per heavy atom. The maximum absolute atomic E-state index is 10.9. The second-order valence-corrected chi connectivity index (χ2v) is 5.12. The molecule has 1 aliphatic rings. The van der Waals surface area contributed by atoms with E-state index in [0.29, 0.717) is 5.92 Å². The topological polar surface area (TPSA) is 55.1 Å². The number of hydrogen-bond donors (Lipinski definition) is 1. The van der Waals surface area contributed by atoms with Gasteiger partial charge in [0, 0.05) is 12.2 Å². The van der Waals surface area contributed by atoms with E-state index in [-0.39, 0.29) is 5.92 Å². The SMILES string of the molecule is Cc1ncn(CC2CCC(C(=O)O)CC2)c1C. The van der Waals surface area contributed by atoms with E-state index in [9.17, 15) is 4.79 Å². The Morgan fingerprint density at radius 3 is 2.53 bits per heavy atom. The van der Waals surface area contributed by atoms with E-state index < -0.39 is 5.97 Å². The molecule has 1 heterocycles. The van der Waals surface area contributed by atoms with E-state index in [2.05, 4.69) is 16.5 Å². The standard InChI is InChI=1S/C13H20N2O2/c1-9-10(2)15(8-14-9)7-11-3-5-12(6-4-11)13(16)17/h8,11-12H,3-7H2,1-2H3,(H,16,17). The molecule has 0 bridgehead atoms. The number of aliphatic carboxylic acids is 1. The number of nitrogens with zero attached hydrogens (tertiary/aromatic N) is 2. The third kappa shape index (κ3) is 2.68. The molecule has 4 heteroatoms. The van der Waals surface area contributed by atoms with Gasteiger partial charge in [0.25, 0.3) is 0 Å². The predicted octanol–water partition coefficient (Wildman–Crippen LogP) is 2.39. The highest BCUT2D eigenvalue weighted by Crippen LogP contribution is 2.30. The van der Waals surface area contributed by atoms with Crippen molar-refractivity contribution < 1.29 is 9.90 Å². The van der Waals surface area contributed by atoms with Gasteiger partial charge in [-0.2, -0.15) is 0 Å². The molecule has 0 unspecified atom stereocenters. The van der Waals surface area contributed by atoms with Crippen molar-refractivity contribution in [2.75, 3.05) is 0 Å². The largest absolute Gasteiger partial charge is 0.481 e. The third-order valence-corrected chi connectivity index (χ3v) is 4.00. The van der Waals surface area contributed by atoms with Crippen LogP contribution in [-0.2, 0) is 11.3 Å². The Bertz CT molecular complexity index is 404. The van der Waals surface area contributed by atoms with Crippen LogP contribution in [0.25, 0.3) is 0 Å². The van der Waals surface area contributed by atoms with Crippen LogP contribution >= 0.6 is 0 Å². The molecule has 0 aliphatic heterocycles. The van der Waals surface area contributed by atoms with E-state index in [1.165, 1.54) is 5.69 Å². The third-order valence-electron chi connectivity index (χ3n) is 4.00. The Kier molecular flexibility index (Phi) is 3.50. The Morgan fingerprint density at radius 1 is 1.41 bits per heavy atom. The number of rotatable bonds is 3. The normalized spacial score (nSPS) is 24.8. The number of aromatic nitrogens is 2. The Hall–Kier alpha value is -1.32. The Labute approximate surface area is 102 Å². The fraction of sp³-hybridized carbons (Fsp3) is 0.692. The van der Waals surface area contributed by atoms with Gasteiger partial charge in [0.05, 0.1) is 17.9 Å². The van der Waals surface area contributed by atoms with Crippen molar-refractivity contribution in [2.24, 2.45) is 11.8 Å². The summed E-state index contributed by atoms with van der Waals surface area (Å²) in [5, 5.41) is 8.95. The lowest BCUT2D eigenvalue weighted by molar-refractivity contribution is -0.143. The second-order valence-electron chi connectivity index (χ2n) is 5.12. The quantitative estimate of drug-likeness (QED) is 0.876. The molecular formula is C13H20N2O2. The fourth-order valence-corrected chi connectivity index (χ4v) is 2.60. The molecule has 17 heavy (non-hydrogen) atoms. The zero-order valence-electron chi connectivity index (χ0n) is 10.5. The first-order chi connectivity index (χ1) is 8.08. The van der Waals surface area contributed by atoms with Gasteiger partial charge in [0.15, 0.2) is 0 Å². The van der Waals surface area contributed by atoms with Gasteiger partial charge in [-0.15, -0.1) is 0 Å². The van der Waals surface area contributed by atoms with Gasteiger partial charge < -0.3 is 9.67 Å². The number of carboxylic acid groups (broad SMARTS) is 1. The van der Waals surface area contributed by atoms with Gasteiger partial charge in [0.1, 0.15) is 0 Å². The van der Waals surface area contributed by atoms with Gasteiger partial charge in [-0.25, -0.2) is 4.98 Å². The Balaban J connectivity index is 1.90. The number of aryl methyl sites for hydroxylation is 1. The lowest BCUT2D eigenvalue weighted by atomic mass is 9.82. The van der Waals surface area contributed by atoms with Crippen molar-refractivity contribution in [1.29, 1.82) is 0 Å². The number of carbonyl (C=O) groups is 1. The number of imidazole rings is 1. The molecule has 1 N–H and O–H groups in total. The van der Waals surface area contributed by atoms with Gasteiger partial charge in [-0.3, -0.25) is 4.79 Å². The molecule has 94 valence electrons. The first-order valence-corrected chi connectivity index (χ1v) is 6.29. The highest BCUT2D eigenvalue weighted by Gasteiger charge is 2.26. The summed E-state index contributed by atoms with van der Waals surface area (Å²) in [6.07, 6.45) is 5.59. The van der Waals surface area contributed by atoms with Crippen molar-refractivity contribution in [3.63, 3.8) is 0 Å². The molecule has 1 fully saturated rings. The second kappa shape index (κ2) is 4.90. The zero-order valence-corrected chi connectivity index (χ0v) is 10.5. The van der Waals surface area contributed by atoms with E-state index in [1.807, 2.05) is 13.3 Å². The average Bonchev–Trinajstić information content (AvgIpc) is 2.62. The monoisotopic (exact) mass is 236 g/mol. The smallest absolute Gasteiger partial charge is 0.306 e. The molecule has 0 spiro atoms. The maximum atomic E-state index is 10.9. The molecule has 4 nitrogen and oxygen atoms in total. The van der Waals surface area contributed by atoms with Crippen molar-refractivity contribution >= 4 is 5.97 Å². The van der Waals surface area contributed by atoms with Crippen LogP contribution in [0.1, 0.15) is 37.1 Å². The molecular weight excluding hydrogens is 216 g/mol. The maximum Gasteiger partial charge on any atom is 0.306 e. The minimum Gasteiger partial charge on any atom is -0.481 e. The van der Waals surface area contributed by atoms with Crippen molar-refractivity contribution in [3.05, 3.63) is 17.7 Å². The lowest BCUT2D eigenvalue weighted by Crippen LogP contribution is -2.23. The zero-order chi connectivity index (χ0) is 12.4. The molecule has 0 radical (unpaired) electrons. The summed E-state index contributed by atoms with van der Waals surface area (Å²) in [5.41, 5.74) is 2.31. The molecule has 0 atom stereocenters. The van der Waals surface area contributed by atoms with Gasteiger partial charge in [0.2, 0.25) is 0 Å². The lowest BCUT2D eigenvalue weighted by Gasteiger charge is -2.26. The van der Waals surface area contributed by atoms with Crippen LogP contribution < -0.4 is 0 Å². The van der Waals surface area contributed by atoms with E-state index >= 15 is 0 Å². The van der Waals surface area contributed by atoms with Crippen LogP contribution in [0.4, 0.5) is 0 Å². The fourth-order valence-electron chi connectivity index (χ4n) is 2.60. The molecule has 0 amide bonds. The van der Waals surface area contributed by atoms with Crippen LogP contribution in [0, 0.1) is 25.7 Å².